The average Bonchev–Trinajstić information content (AvgIpc) is 2.97. The van der Waals surface area contributed by atoms with Crippen LogP contribution in [0.4, 0.5) is 0 Å². The number of nitrogens with zero attached hydrogens (tertiary/aromatic N) is 2. The first-order chi connectivity index (χ1) is 13.9. The van der Waals surface area contributed by atoms with Gasteiger partial charge in [-0.05, 0) is 50.2 Å². The molecule has 2 heterocycles. The molecule has 2 fully saturated rings. The maximum Gasteiger partial charge on any atom is 0.266 e. The number of aryl methyl sites for hydroxylation is 1. The highest BCUT2D eigenvalue weighted by Crippen LogP contribution is 2.32. The molecule has 0 N–H and O–H groups in total. The van der Waals surface area contributed by atoms with Gasteiger partial charge in [-0.25, -0.2) is 0 Å². The first-order valence-corrected chi connectivity index (χ1v) is 11.8. The molecule has 2 aliphatic rings. The van der Waals surface area contributed by atoms with Gasteiger partial charge < -0.3 is 4.90 Å². The zero-order chi connectivity index (χ0) is 20.8. The first kappa shape index (κ1) is 22.0. The Morgan fingerprint density at radius 1 is 1.17 bits per heavy atom. The molecule has 1 aromatic rings. The molecule has 156 valence electrons. The van der Waals surface area contributed by atoms with E-state index in [0.717, 1.165) is 56.7 Å². The van der Waals surface area contributed by atoms with Crippen LogP contribution in [0.5, 0.6) is 0 Å². The van der Waals surface area contributed by atoms with Crippen LogP contribution in [0.25, 0.3) is 6.08 Å². The molecule has 4 nitrogen and oxygen atoms in total. The van der Waals surface area contributed by atoms with Crippen molar-refractivity contribution in [3.63, 3.8) is 0 Å². The van der Waals surface area contributed by atoms with Gasteiger partial charge in [-0.3, -0.25) is 14.5 Å². The average molecular weight is 431 g/mol. The molecule has 0 saturated carbocycles. The fourth-order valence-corrected chi connectivity index (χ4v) is 4.95. The zero-order valence-corrected chi connectivity index (χ0v) is 19.0. The molecule has 0 spiro atoms. The lowest BCUT2D eigenvalue weighted by Gasteiger charge is -2.30. The van der Waals surface area contributed by atoms with Gasteiger partial charge >= 0.3 is 0 Å². The van der Waals surface area contributed by atoms with Crippen molar-refractivity contribution in [1.29, 1.82) is 0 Å². The third kappa shape index (κ3) is 6.16. The fourth-order valence-electron chi connectivity index (χ4n) is 3.65. The van der Waals surface area contributed by atoms with Crippen molar-refractivity contribution in [1.82, 2.24) is 9.80 Å². The van der Waals surface area contributed by atoms with E-state index in [4.69, 9.17) is 12.2 Å². The van der Waals surface area contributed by atoms with Crippen LogP contribution in [0.15, 0.2) is 29.2 Å². The van der Waals surface area contributed by atoms with Crippen LogP contribution in [0.2, 0.25) is 0 Å². The number of rotatable bonds is 7. The molecule has 3 rings (SSSR count). The Morgan fingerprint density at radius 3 is 2.55 bits per heavy atom. The van der Waals surface area contributed by atoms with Crippen LogP contribution in [0, 0.1) is 12.8 Å². The highest BCUT2D eigenvalue weighted by atomic mass is 32.2. The minimum atomic E-state index is -0.000844. The summed E-state index contributed by atoms with van der Waals surface area (Å²) >= 11 is 6.79. The van der Waals surface area contributed by atoms with E-state index in [2.05, 4.69) is 6.92 Å². The number of carbonyl (C=O) groups is 2. The summed E-state index contributed by atoms with van der Waals surface area (Å²) in [5.41, 5.74) is 2.21. The molecule has 1 aromatic carbocycles. The molecule has 0 bridgehead atoms. The molecule has 0 aromatic heterocycles. The second-order valence-corrected chi connectivity index (χ2v) is 9.79. The van der Waals surface area contributed by atoms with E-state index in [-0.39, 0.29) is 11.8 Å². The zero-order valence-electron chi connectivity index (χ0n) is 17.4. The fraction of sp³-hybridized carbons (Fsp3) is 0.522. The van der Waals surface area contributed by atoms with Crippen molar-refractivity contribution in [2.24, 2.45) is 5.92 Å². The Bertz CT molecular complexity index is 781. The second kappa shape index (κ2) is 10.4. The molecule has 29 heavy (non-hydrogen) atoms. The summed E-state index contributed by atoms with van der Waals surface area (Å²) < 4.78 is 0.631. The molecule has 2 aliphatic heterocycles. The molecule has 2 amide bonds. The van der Waals surface area contributed by atoms with E-state index in [9.17, 15) is 9.59 Å². The van der Waals surface area contributed by atoms with Gasteiger partial charge in [-0.2, -0.15) is 0 Å². The third-order valence-corrected chi connectivity index (χ3v) is 7.04. The molecule has 0 aliphatic carbocycles. The minimum absolute atomic E-state index is 0.000844. The Kier molecular flexibility index (Phi) is 7.90. The van der Waals surface area contributed by atoms with Gasteiger partial charge in [0.1, 0.15) is 4.32 Å². The Hall–Kier alpha value is -1.66. The van der Waals surface area contributed by atoms with E-state index in [1.807, 2.05) is 42.2 Å². The molecule has 0 atom stereocenters. The van der Waals surface area contributed by atoms with Crippen LogP contribution in [0.1, 0.15) is 56.6 Å². The Morgan fingerprint density at radius 2 is 1.86 bits per heavy atom. The van der Waals surface area contributed by atoms with Gasteiger partial charge in [-0.1, -0.05) is 67.2 Å². The number of thiocarbonyl (C=S) groups is 1. The normalized spacial score (nSPS) is 19.4. The van der Waals surface area contributed by atoms with Crippen molar-refractivity contribution in [2.75, 3.05) is 19.6 Å². The SMILES string of the molecule is Cc1ccc(C=C2SC(=S)N(CCCCCC(=O)N3CCC(C)CC3)C2=O)cc1. The summed E-state index contributed by atoms with van der Waals surface area (Å²) in [5, 5.41) is 0. The van der Waals surface area contributed by atoms with Crippen molar-refractivity contribution < 1.29 is 9.59 Å². The first-order valence-electron chi connectivity index (χ1n) is 10.5. The number of hydrogen-bond acceptors (Lipinski definition) is 4. The van der Waals surface area contributed by atoms with Crippen LogP contribution < -0.4 is 0 Å². The number of hydrogen-bond donors (Lipinski definition) is 0. The van der Waals surface area contributed by atoms with Crippen LogP contribution in [-0.2, 0) is 9.59 Å². The lowest BCUT2D eigenvalue weighted by atomic mass is 9.99. The van der Waals surface area contributed by atoms with Crippen molar-refractivity contribution >= 4 is 46.2 Å². The molecule has 2 saturated heterocycles. The van der Waals surface area contributed by atoms with Gasteiger partial charge in [0.2, 0.25) is 5.91 Å². The predicted octanol–water partition coefficient (Wildman–Crippen LogP) is 5.02. The van der Waals surface area contributed by atoms with Crippen molar-refractivity contribution in [3.8, 4) is 0 Å². The Labute approximate surface area is 183 Å². The Balaban J connectivity index is 1.40. The number of thioether (sulfide) groups is 1. The highest BCUT2D eigenvalue weighted by molar-refractivity contribution is 8.26. The van der Waals surface area contributed by atoms with Gasteiger partial charge in [0, 0.05) is 26.1 Å². The van der Waals surface area contributed by atoms with Crippen LogP contribution in [0.3, 0.4) is 0 Å². The summed E-state index contributed by atoms with van der Waals surface area (Å²) in [5.74, 6) is 1.02. The van der Waals surface area contributed by atoms with E-state index in [1.165, 1.54) is 17.3 Å². The lowest BCUT2D eigenvalue weighted by Crippen LogP contribution is -2.37. The van der Waals surface area contributed by atoms with E-state index in [0.29, 0.717) is 22.2 Å². The van der Waals surface area contributed by atoms with E-state index in [1.54, 1.807) is 4.90 Å². The van der Waals surface area contributed by atoms with E-state index >= 15 is 0 Å². The molecule has 0 radical (unpaired) electrons. The molecular weight excluding hydrogens is 400 g/mol. The van der Waals surface area contributed by atoms with Crippen LogP contribution in [-0.4, -0.2) is 45.6 Å². The van der Waals surface area contributed by atoms with Gasteiger partial charge in [0.05, 0.1) is 4.91 Å². The van der Waals surface area contributed by atoms with Gasteiger partial charge in [0.15, 0.2) is 0 Å². The largest absolute Gasteiger partial charge is 0.343 e. The summed E-state index contributed by atoms with van der Waals surface area (Å²) in [7, 11) is 0. The second-order valence-electron chi connectivity index (χ2n) is 8.12. The summed E-state index contributed by atoms with van der Waals surface area (Å²) in [6, 6.07) is 8.11. The molecule has 0 unspecified atom stereocenters. The topological polar surface area (TPSA) is 40.6 Å². The number of amides is 2. The molecule has 6 heteroatoms. The maximum atomic E-state index is 12.7. The monoisotopic (exact) mass is 430 g/mol. The predicted molar refractivity (Wildman–Crippen MR) is 125 cm³/mol. The number of piperidine rings is 1. The number of unbranched alkanes of at least 4 members (excludes halogenated alkanes) is 2. The summed E-state index contributed by atoms with van der Waals surface area (Å²) in [6.45, 7) is 6.74. The summed E-state index contributed by atoms with van der Waals surface area (Å²) in [6.07, 6.45) is 7.45. The minimum Gasteiger partial charge on any atom is -0.343 e. The van der Waals surface area contributed by atoms with Gasteiger partial charge in [-0.15, -0.1) is 0 Å². The highest BCUT2D eigenvalue weighted by Gasteiger charge is 2.31. The van der Waals surface area contributed by atoms with Gasteiger partial charge in [0.25, 0.3) is 5.91 Å². The quantitative estimate of drug-likeness (QED) is 0.346. The maximum absolute atomic E-state index is 12.7. The van der Waals surface area contributed by atoms with Crippen LogP contribution >= 0.6 is 24.0 Å². The standard InChI is InChI=1S/C23H30N2O2S2/c1-17-7-9-19(10-8-17)16-20-22(27)25(23(28)29-20)13-5-3-4-6-21(26)24-14-11-18(2)12-15-24/h7-10,16,18H,3-6,11-15H2,1-2H3. The van der Waals surface area contributed by atoms with Crippen molar-refractivity contribution in [2.45, 2.75) is 52.4 Å². The summed E-state index contributed by atoms with van der Waals surface area (Å²) in [4.78, 5) is 29.4. The number of likely N-dealkylation sites (tertiary alicyclic amines) is 1. The number of benzene rings is 1. The molecular formula is C23H30N2O2S2. The number of carbonyl (C=O) groups excluding carboxylic acids is 2. The third-order valence-electron chi connectivity index (χ3n) is 5.66. The van der Waals surface area contributed by atoms with Crippen molar-refractivity contribution in [3.05, 3.63) is 40.3 Å². The lowest BCUT2D eigenvalue weighted by molar-refractivity contribution is -0.132. The smallest absolute Gasteiger partial charge is 0.266 e. The van der Waals surface area contributed by atoms with E-state index < -0.39 is 0 Å².